The Labute approximate surface area is 125 Å². The molecule has 0 aliphatic rings. The molecule has 6 heteroatoms. The smallest absolute Gasteiger partial charge is 0.125 e. The van der Waals surface area contributed by atoms with E-state index in [0.29, 0.717) is 18.0 Å². The summed E-state index contributed by atoms with van der Waals surface area (Å²) in [7, 11) is 0. The minimum Gasteiger partial charge on any atom is -0.321 e. The van der Waals surface area contributed by atoms with Crippen LogP contribution in [0.2, 0.25) is 0 Å². The van der Waals surface area contributed by atoms with Crippen LogP contribution in [0, 0.1) is 18.3 Å². The Morgan fingerprint density at radius 2 is 2.25 bits per heavy atom. The summed E-state index contributed by atoms with van der Waals surface area (Å²) >= 11 is 7.61. The zero-order chi connectivity index (χ0) is 14.1. The first-order chi connectivity index (χ1) is 9.71. The van der Waals surface area contributed by atoms with E-state index in [1.165, 1.54) is 0 Å². The van der Waals surface area contributed by atoms with Crippen molar-refractivity contribution >= 4 is 34.0 Å². The van der Waals surface area contributed by atoms with E-state index in [4.69, 9.17) is 16.9 Å². The van der Waals surface area contributed by atoms with Crippen LogP contribution in [0.1, 0.15) is 22.1 Å². The summed E-state index contributed by atoms with van der Waals surface area (Å²) in [5.74, 6) is 1.13. The first-order valence-electron chi connectivity index (χ1n) is 6.07. The maximum Gasteiger partial charge on any atom is 0.125 e. The number of aromatic nitrogens is 3. The van der Waals surface area contributed by atoms with Crippen LogP contribution in [0.15, 0.2) is 23.6 Å². The predicted molar refractivity (Wildman–Crippen MR) is 80.0 cm³/mol. The molecule has 2 heterocycles. The van der Waals surface area contributed by atoms with E-state index < -0.39 is 0 Å². The van der Waals surface area contributed by atoms with Crippen molar-refractivity contribution in [1.82, 2.24) is 14.5 Å². The molecule has 3 rings (SSSR count). The number of thiazole rings is 1. The Morgan fingerprint density at radius 3 is 2.90 bits per heavy atom. The van der Waals surface area contributed by atoms with Crippen LogP contribution in [0.25, 0.3) is 11.0 Å². The molecular formula is C14H11ClN4S. The van der Waals surface area contributed by atoms with Crippen molar-refractivity contribution in [3.63, 3.8) is 0 Å². The molecule has 3 aromatic rings. The average molecular weight is 303 g/mol. The second-order valence-corrected chi connectivity index (χ2v) is 5.75. The lowest BCUT2D eigenvalue weighted by Crippen LogP contribution is -2.04. The molecule has 0 aliphatic heterocycles. The fraction of sp³-hybridized carbons (Fsp3) is 0.214. The van der Waals surface area contributed by atoms with Gasteiger partial charge in [0.05, 0.1) is 45.8 Å². The number of halogens is 1. The minimum absolute atomic E-state index is 0.333. The van der Waals surface area contributed by atoms with Gasteiger partial charge in [-0.15, -0.1) is 22.9 Å². The fourth-order valence-corrected chi connectivity index (χ4v) is 2.97. The first-order valence-corrected chi connectivity index (χ1v) is 7.49. The number of nitrogens with zero attached hydrogens (tertiary/aromatic N) is 4. The van der Waals surface area contributed by atoms with E-state index in [9.17, 15) is 0 Å². The highest BCUT2D eigenvalue weighted by atomic mass is 35.5. The molecule has 0 unspecified atom stereocenters. The van der Waals surface area contributed by atoms with Crippen molar-refractivity contribution < 1.29 is 0 Å². The molecule has 20 heavy (non-hydrogen) atoms. The summed E-state index contributed by atoms with van der Waals surface area (Å²) in [6, 6.07) is 7.62. The number of alkyl halides is 1. The van der Waals surface area contributed by atoms with Gasteiger partial charge < -0.3 is 4.57 Å². The fourth-order valence-electron chi connectivity index (χ4n) is 2.16. The van der Waals surface area contributed by atoms with Crippen molar-refractivity contribution in [1.29, 1.82) is 5.26 Å². The molecule has 0 atom stereocenters. The molecule has 0 radical (unpaired) electrons. The quantitative estimate of drug-likeness (QED) is 0.696. The lowest BCUT2D eigenvalue weighted by atomic mass is 10.2. The zero-order valence-electron chi connectivity index (χ0n) is 10.8. The van der Waals surface area contributed by atoms with Gasteiger partial charge in [-0.3, -0.25) is 0 Å². The van der Waals surface area contributed by atoms with E-state index in [1.54, 1.807) is 17.4 Å². The van der Waals surface area contributed by atoms with Gasteiger partial charge >= 0.3 is 0 Å². The summed E-state index contributed by atoms with van der Waals surface area (Å²) in [4.78, 5) is 8.98. The molecule has 0 bridgehead atoms. The number of hydrogen-bond donors (Lipinski definition) is 0. The van der Waals surface area contributed by atoms with Crippen molar-refractivity contribution in [3.05, 3.63) is 45.7 Å². The second-order valence-electron chi connectivity index (χ2n) is 4.42. The van der Waals surface area contributed by atoms with Crippen molar-refractivity contribution in [2.24, 2.45) is 0 Å². The van der Waals surface area contributed by atoms with Crippen LogP contribution in [0.3, 0.4) is 0 Å². The summed E-state index contributed by atoms with van der Waals surface area (Å²) in [5.41, 5.74) is 3.38. The highest BCUT2D eigenvalue weighted by Crippen LogP contribution is 2.21. The van der Waals surface area contributed by atoms with E-state index in [0.717, 1.165) is 27.6 Å². The highest BCUT2D eigenvalue weighted by molar-refractivity contribution is 7.09. The maximum absolute atomic E-state index is 9.03. The van der Waals surface area contributed by atoms with Crippen LogP contribution in [-0.2, 0) is 12.4 Å². The van der Waals surface area contributed by atoms with E-state index in [2.05, 4.69) is 16.0 Å². The number of aryl methyl sites for hydroxylation is 1. The molecule has 0 spiro atoms. The van der Waals surface area contributed by atoms with Crippen LogP contribution < -0.4 is 0 Å². The molecule has 0 N–H and O–H groups in total. The van der Waals surface area contributed by atoms with Gasteiger partial charge in [0.25, 0.3) is 0 Å². The van der Waals surface area contributed by atoms with Crippen LogP contribution in [0.5, 0.6) is 0 Å². The third kappa shape index (κ3) is 2.28. The van der Waals surface area contributed by atoms with Gasteiger partial charge in [-0.1, -0.05) is 0 Å². The van der Waals surface area contributed by atoms with Gasteiger partial charge in [-0.2, -0.15) is 5.26 Å². The molecule has 0 saturated heterocycles. The predicted octanol–water partition coefficient (Wildman–Crippen LogP) is 3.46. The number of hydrogen-bond acceptors (Lipinski definition) is 4. The monoisotopic (exact) mass is 302 g/mol. The minimum atomic E-state index is 0.333. The Morgan fingerprint density at radius 1 is 1.40 bits per heavy atom. The average Bonchev–Trinajstić information content (AvgIpc) is 3.03. The summed E-state index contributed by atoms with van der Waals surface area (Å²) in [5, 5.41) is 12.1. The molecule has 2 aromatic heterocycles. The lowest BCUT2D eigenvalue weighted by molar-refractivity contribution is 0.761. The standard InChI is InChI=1S/C14H11ClN4S/c1-9-17-11(8-20-9)7-19-13-4-10(6-16)2-3-12(13)18-14(19)5-15/h2-4,8H,5,7H2,1H3. The molecule has 0 aliphatic carbocycles. The van der Waals surface area contributed by atoms with Gasteiger partial charge in [0, 0.05) is 5.38 Å². The van der Waals surface area contributed by atoms with Crippen LogP contribution in [-0.4, -0.2) is 14.5 Å². The van der Waals surface area contributed by atoms with E-state index >= 15 is 0 Å². The largest absolute Gasteiger partial charge is 0.321 e. The molecule has 100 valence electrons. The second kappa shape index (κ2) is 5.23. The summed E-state index contributed by atoms with van der Waals surface area (Å²) < 4.78 is 2.03. The Kier molecular flexibility index (Phi) is 3.43. The van der Waals surface area contributed by atoms with Crippen molar-refractivity contribution in [2.75, 3.05) is 0 Å². The molecule has 1 aromatic carbocycles. The van der Waals surface area contributed by atoms with E-state index in [1.807, 2.05) is 29.0 Å². The van der Waals surface area contributed by atoms with Gasteiger partial charge in [0.2, 0.25) is 0 Å². The van der Waals surface area contributed by atoms with Gasteiger partial charge in [0.15, 0.2) is 0 Å². The SMILES string of the molecule is Cc1nc(Cn2c(CCl)nc3ccc(C#N)cc32)cs1. The third-order valence-electron chi connectivity index (χ3n) is 3.06. The first kappa shape index (κ1) is 13.1. The normalized spacial score (nSPS) is 10.8. The Hall–Kier alpha value is -1.90. The Bertz CT molecular complexity index is 812. The van der Waals surface area contributed by atoms with E-state index in [-0.39, 0.29) is 0 Å². The number of rotatable bonds is 3. The molecule has 4 nitrogen and oxygen atoms in total. The summed E-state index contributed by atoms with van der Waals surface area (Å²) in [6.45, 7) is 2.61. The van der Waals surface area contributed by atoms with Gasteiger partial charge in [0.1, 0.15) is 5.82 Å². The van der Waals surface area contributed by atoms with Gasteiger partial charge in [-0.05, 0) is 25.1 Å². The number of fused-ring (bicyclic) bond motifs is 1. The van der Waals surface area contributed by atoms with Gasteiger partial charge in [-0.25, -0.2) is 9.97 Å². The lowest BCUT2D eigenvalue weighted by Gasteiger charge is -2.05. The third-order valence-corrected chi connectivity index (χ3v) is 4.12. The molecule has 0 saturated carbocycles. The molecule has 0 amide bonds. The summed E-state index contributed by atoms with van der Waals surface area (Å²) in [6.07, 6.45) is 0. The zero-order valence-corrected chi connectivity index (χ0v) is 12.4. The van der Waals surface area contributed by atoms with Crippen LogP contribution >= 0.6 is 22.9 Å². The van der Waals surface area contributed by atoms with Crippen molar-refractivity contribution in [2.45, 2.75) is 19.3 Å². The van der Waals surface area contributed by atoms with Crippen molar-refractivity contribution in [3.8, 4) is 6.07 Å². The number of imidazole rings is 1. The van der Waals surface area contributed by atoms with Crippen LogP contribution in [0.4, 0.5) is 0 Å². The number of nitriles is 1. The molecule has 0 fully saturated rings. The number of benzene rings is 1. The topological polar surface area (TPSA) is 54.5 Å². The Balaban J connectivity index is 2.13. The highest BCUT2D eigenvalue weighted by Gasteiger charge is 2.12. The molecular weight excluding hydrogens is 292 g/mol. The maximum atomic E-state index is 9.03.